The maximum Gasteiger partial charge on any atom is 0.191 e. The quantitative estimate of drug-likeness (QED) is 0.234. The minimum absolute atomic E-state index is 0. The summed E-state index contributed by atoms with van der Waals surface area (Å²) in [4.78, 5) is 9.79. The molecule has 0 saturated carbocycles. The third-order valence-corrected chi connectivity index (χ3v) is 4.93. The third-order valence-electron chi connectivity index (χ3n) is 4.93. The van der Waals surface area contributed by atoms with Gasteiger partial charge < -0.3 is 25.2 Å². The van der Waals surface area contributed by atoms with Crippen LogP contribution in [0.25, 0.3) is 0 Å². The molecule has 2 saturated heterocycles. The molecule has 2 N–H and O–H groups in total. The summed E-state index contributed by atoms with van der Waals surface area (Å²) in [6.07, 6.45) is 5.09. The van der Waals surface area contributed by atoms with Gasteiger partial charge in [0.2, 0.25) is 0 Å². The number of hydrogen-bond donors (Lipinski definition) is 2. The number of aliphatic imine (C=N–C) groups is 1. The molecule has 7 heteroatoms. The fraction of sp³-hybridized carbons (Fsp3) is 0.944. The Bertz CT molecular complexity index is 355. The summed E-state index contributed by atoms with van der Waals surface area (Å²) in [5, 5.41) is 6.78. The van der Waals surface area contributed by atoms with Gasteiger partial charge in [0.1, 0.15) is 0 Å². The lowest BCUT2D eigenvalue weighted by Crippen LogP contribution is -2.46. The molecular formula is C18H38IN5O. The molecule has 6 nitrogen and oxygen atoms in total. The first kappa shape index (κ1) is 22.9. The van der Waals surface area contributed by atoms with Crippen LogP contribution in [0.5, 0.6) is 0 Å². The van der Waals surface area contributed by atoms with Gasteiger partial charge in [-0.2, -0.15) is 0 Å². The van der Waals surface area contributed by atoms with Gasteiger partial charge in [0.25, 0.3) is 0 Å². The van der Waals surface area contributed by atoms with Crippen LogP contribution in [0.2, 0.25) is 0 Å². The first-order chi connectivity index (χ1) is 11.8. The molecule has 0 aromatic rings. The van der Waals surface area contributed by atoms with E-state index in [1.165, 1.54) is 58.5 Å². The molecule has 2 aliphatic rings. The van der Waals surface area contributed by atoms with Gasteiger partial charge in [-0.3, -0.25) is 4.99 Å². The number of ether oxygens (including phenoxy) is 1. The van der Waals surface area contributed by atoms with E-state index in [1.807, 2.05) is 0 Å². The molecule has 2 rings (SSSR count). The highest BCUT2D eigenvalue weighted by molar-refractivity contribution is 14.0. The average molecular weight is 467 g/mol. The summed E-state index contributed by atoms with van der Waals surface area (Å²) in [6.45, 7) is 15.3. The van der Waals surface area contributed by atoms with Crippen molar-refractivity contribution in [3.8, 4) is 0 Å². The van der Waals surface area contributed by atoms with Crippen molar-refractivity contribution in [1.82, 2.24) is 20.4 Å². The Morgan fingerprint density at radius 3 is 2.48 bits per heavy atom. The van der Waals surface area contributed by atoms with E-state index in [-0.39, 0.29) is 24.0 Å². The Hall–Kier alpha value is -0.120. The van der Waals surface area contributed by atoms with Crippen LogP contribution in [-0.4, -0.2) is 87.4 Å². The second kappa shape index (κ2) is 14.0. The zero-order chi connectivity index (χ0) is 17.0. The Morgan fingerprint density at radius 2 is 1.84 bits per heavy atom. The van der Waals surface area contributed by atoms with Gasteiger partial charge in [0, 0.05) is 45.9 Å². The number of halogens is 1. The molecule has 1 unspecified atom stereocenters. The molecule has 0 radical (unpaired) electrons. The minimum atomic E-state index is 0. The highest BCUT2D eigenvalue weighted by Crippen LogP contribution is 2.11. The fourth-order valence-corrected chi connectivity index (χ4v) is 3.32. The highest BCUT2D eigenvalue weighted by atomic mass is 127. The maximum absolute atomic E-state index is 5.64. The van der Waals surface area contributed by atoms with Gasteiger partial charge in [-0.05, 0) is 45.7 Å². The Morgan fingerprint density at radius 1 is 1.08 bits per heavy atom. The van der Waals surface area contributed by atoms with E-state index in [0.717, 1.165) is 38.6 Å². The number of hydrogen-bond acceptors (Lipinski definition) is 4. The summed E-state index contributed by atoms with van der Waals surface area (Å²) in [5.41, 5.74) is 0. The molecule has 25 heavy (non-hydrogen) atoms. The zero-order valence-corrected chi connectivity index (χ0v) is 18.5. The average Bonchev–Trinajstić information content (AvgIpc) is 3.13. The second-order valence-electron chi connectivity index (χ2n) is 6.76. The lowest BCUT2D eigenvalue weighted by atomic mass is 10.2. The summed E-state index contributed by atoms with van der Waals surface area (Å²) >= 11 is 0. The van der Waals surface area contributed by atoms with Gasteiger partial charge in [-0.1, -0.05) is 6.92 Å². The number of guanidine groups is 1. The van der Waals surface area contributed by atoms with Crippen molar-refractivity contribution < 1.29 is 4.74 Å². The van der Waals surface area contributed by atoms with Crippen molar-refractivity contribution in [2.24, 2.45) is 4.99 Å². The van der Waals surface area contributed by atoms with Crippen LogP contribution >= 0.6 is 24.0 Å². The molecule has 148 valence electrons. The monoisotopic (exact) mass is 467 g/mol. The van der Waals surface area contributed by atoms with Crippen molar-refractivity contribution in [2.75, 3.05) is 65.5 Å². The normalized spacial score (nSPS) is 22.6. The number of rotatable bonds is 9. The van der Waals surface area contributed by atoms with Crippen LogP contribution in [0.15, 0.2) is 4.99 Å². The topological polar surface area (TPSA) is 52.1 Å². The first-order valence-corrected chi connectivity index (χ1v) is 9.90. The van der Waals surface area contributed by atoms with Crippen LogP contribution in [0.4, 0.5) is 0 Å². The smallest absolute Gasteiger partial charge is 0.191 e. The standard InChI is InChI=1S/C18H37N5O.HI/c1-3-19-18(21-16-17-8-7-15-24-17)20-9-5-6-10-23-13-11-22(4-2)12-14-23;/h17H,3-16H2,1-2H3,(H2,19,20,21);1H. The Labute approximate surface area is 171 Å². The van der Waals surface area contributed by atoms with E-state index in [1.54, 1.807) is 0 Å². The number of nitrogens with zero attached hydrogens (tertiary/aromatic N) is 3. The molecule has 0 aromatic carbocycles. The largest absolute Gasteiger partial charge is 0.376 e. The number of unbranched alkanes of at least 4 members (excludes halogenated alkanes) is 1. The molecule has 0 aromatic heterocycles. The highest BCUT2D eigenvalue weighted by Gasteiger charge is 2.15. The SMILES string of the molecule is CCNC(=NCC1CCCO1)NCCCCN1CCN(CC)CC1.I. The second-order valence-corrected chi connectivity index (χ2v) is 6.76. The predicted molar refractivity (Wildman–Crippen MR) is 116 cm³/mol. The summed E-state index contributed by atoms with van der Waals surface area (Å²) in [5.74, 6) is 0.935. The van der Waals surface area contributed by atoms with Crippen molar-refractivity contribution in [3.63, 3.8) is 0 Å². The summed E-state index contributed by atoms with van der Waals surface area (Å²) in [7, 11) is 0. The number of likely N-dealkylation sites (N-methyl/N-ethyl adjacent to an activating group) is 1. The number of nitrogens with one attached hydrogen (secondary N) is 2. The van der Waals surface area contributed by atoms with Crippen molar-refractivity contribution in [1.29, 1.82) is 0 Å². The van der Waals surface area contributed by atoms with Gasteiger partial charge in [-0.25, -0.2) is 0 Å². The van der Waals surface area contributed by atoms with Gasteiger partial charge in [-0.15, -0.1) is 24.0 Å². The molecule has 1 atom stereocenters. The van der Waals surface area contributed by atoms with Crippen LogP contribution in [-0.2, 0) is 4.74 Å². The maximum atomic E-state index is 5.64. The van der Waals surface area contributed by atoms with Gasteiger partial charge >= 0.3 is 0 Å². The molecule has 2 fully saturated rings. The molecule has 0 amide bonds. The fourth-order valence-electron chi connectivity index (χ4n) is 3.32. The molecular weight excluding hydrogens is 429 g/mol. The van der Waals surface area contributed by atoms with Crippen LogP contribution in [0, 0.1) is 0 Å². The van der Waals surface area contributed by atoms with E-state index >= 15 is 0 Å². The molecule has 0 spiro atoms. The molecule has 0 bridgehead atoms. The van der Waals surface area contributed by atoms with E-state index in [9.17, 15) is 0 Å². The Balaban J connectivity index is 0.00000312. The lowest BCUT2D eigenvalue weighted by molar-refractivity contribution is 0.117. The predicted octanol–water partition coefficient (Wildman–Crippen LogP) is 1.76. The van der Waals surface area contributed by atoms with E-state index < -0.39 is 0 Å². The minimum Gasteiger partial charge on any atom is -0.376 e. The Kier molecular flexibility index (Phi) is 12.8. The van der Waals surface area contributed by atoms with E-state index in [2.05, 4.69) is 39.3 Å². The summed E-state index contributed by atoms with van der Waals surface area (Å²) in [6, 6.07) is 0. The number of piperazine rings is 1. The van der Waals surface area contributed by atoms with Crippen LogP contribution in [0.1, 0.15) is 39.5 Å². The van der Waals surface area contributed by atoms with Gasteiger partial charge in [0.05, 0.1) is 12.6 Å². The van der Waals surface area contributed by atoms with Crippen molar-refractivity contribution >= 4 is 29.9 Å². The first-order valence-electron chi connectivity index (χ1n) is 9.90. The van der Waals surface area contributed by atoms with Gasteiger partial charge in [0.15, 0.2) is 5.96 Å². The third kappa shape index (κ3) is 9.40. The van der Waals surface area contributed by atoms with Crippen LogP contribution in [0.3, 0.4) is 0 Å². The zero-order valence-electron chi connectivity index (χ0n) is 16.1. The summed E-state index contributed by atoms with van der Waals surface area (Å²) < 4.78 is 5.64. The molecule has 2 aliphatic heterocycles. The molecule has 2 heterocycles. The van der Waals surface area contributed by atoms with E-state index in [0.29, 0.717) is 6.10 Å². The van der Waals surface area contributed by atoms with Crippen molar-refractivity contribution in [3.05, 3.63) is 0 Å². The van der Waals surface area contributed by atoms with E-state index in [4.69, 9.17) is 4.74 Å². The molecule has 0 aliphatic carbocycles. The lowest BCUT2D eigenvalue weighted by Gasteiger charge is -2.34. The van der Waals surface area contributed by atoms with Crippen LogP contribution < -0.4 is 10.6 Å². The van der Waals surface area contributed by atoms with Crippen molar-refractivity contribution in [2.45, 2.75) is 45.6 Å².